The number of hydrogen-bond donors (Lipinski definition) is 1. The minimum Gasteiger partial charge on any atom is -0.379 e. The van der Waals surface area contributed by atoms with Crippen molar-refractivity contribution in [3.05, 3.63) is 71.5 Å². The minimum absolute atomic E-state index is 0.791. The number of hydrogen-bond acceptors (Lipinski definition) is 3. The highest BCUT2D eigenvalue weighted by atomic mass is 15.4. The average Bonchev–Trinajstić information content (AvgIpc) is 3.03. The van der Waals surface area contributed by atoms with Crippen molar-refractivity contribution in [1.82, 2.24) is 15.0 Å². The summed E-state index contributed by atoms with van der Waals surface area (Å²) in [7, 11) is 0. The van der Waals surface area contributed by atoms with Crippen LogP contribution in [0.3, 0.4) is 0 Å². The molecule has 106 valence electrons. The van der Waals surface area contributed by atoms with Crippen molar-refractivity contribution in [3.63, 3.8) is 0 Å². The Balaban J connectivity index is 1.84. The predicted molar refractivity (Wildman–Crippen MR) is 84.6 cm³/mol. The number of nitrogens with one attached hydrogen (secondary N) is 1. The highest BCUT2D eigenvalue weighted by Crippen LogP contribution is 2.20. The van der Waals surface area contributed by atoms with Crippen molar-refractivity contribution in [2.45, 2.75) is 20.4 Å². The van der Waals surface area contributed by atoms with Gasteiger partial charge in [0.15, 0.2) is 0 Å². The normalized spacial score (nSPS) is 10.6. The zero-order chi connectivity index (χ0) is 14.7. The highest BCUT2D eigenvalue weighted by Gasteiger charge is 2.05. The smallest absolute Gasteiger partial charge is 0.0894 e. The minimum atomic E-state index is 0.791. The molecule has 2 aromatic carbocycles. The van der Waals surface area contributed by atoms with Gasteiger partial charge in [-0.15, -0.1) is 5.10 Å². The number of aromatic nitrogens is 3. The van der Waals surface area contributed by atoms with Gasteiger partial charge < -0.3 is 5.32 Å². The van der Waals surface area contributed by atoms with Crippen molar-refractivity contribution in [2.75, 3.05) is 5.32 Å². The van der Waals surface area contributed by atoms with E-state index in [9.17, 15) is 0 Å². The van der Waals surface area contributed by atoms with Gasteiger partial charge in [-0.2, -0.15) is 0 Å². The molecule has 0 spiro atoms. The quantitative estimate of drug-likeness (QED) is 0.794. The summed E-state index contributed by atoms with van der Waals surface area (Å²) in [6, 6.07) is 14.6. The molecule has 1 heterocycles. The third kappa shape index (κ3) is 2.94. The molecule has 21 heavy (non-hydrogen) atoms. The van der Waals surface area contributed by atoms with E-state index in [1.54, 1.807) is 10.9 Å². The molecule has 0 amide bonds. The SMILES string of the molecule is Cc1ccc(C)c(CNc2ccccc2-n2ccnn2)c1. The summed E-state index contributed by atoms with van der Waals surface area (Å²) >= 11 is 0. The molecule has 4 nitrogen and oxygen atoms in total. The van der Waals surface area contributed by atoms with E-state index in [1.807, 2.05) is 24.4 Å². The Kier molecular flexibility index (Phi) is 3.69. The van der Waals surface area contributed by atoms with Crippen LogP contribution in [0.15, 0.2) is 54.9 Å². The third-order valence-electron chi connectivity index (χ3n) is 3.55. The summed E-state index contributed by atoms with van der Waals surface area (Å²) in [6.07, 6.45) is 3.53. The maximum atomic E-state index is 4.06. The van der Waals surface area contributed by atoms with Crippen LogP contribution in [0.4, 0.5) is 5.69 Å². The molecular formula is C17H18N4. The maximum Gasteiger partial charge on any atom is 0.0894 e. The van der Waals surface area contributed by atoms with Gasteiger partial charge in [-0.1, -0.05) is 41.1 Å². The zero-order valence-electron chi connectivity index (χ0n) is 12.2. The Morgan fingerprint density at radius 1 is 1.10 bits per heavy atom. The van der Waals surface area contributed by atoms with Crippen LogP contribution in [0.1, 0.15) is 16.7 Å². The van der Waals surface area contributed by atoms with Crippen molar-refractivity contribution < 1.29 is 0 Å². The van der Waals surface area contributed by atoms with Crippen LogP contribution >= 0.6 is 0 Å². The number of aryl methyl sites for hydroxylation is 2. The van der Waals surface area contributed by atoms with E-state index >= 15 is 0 Å². The van der Waals surface area contributed by atoms with E-state index in [1.165, 1.54) is 16.7 Å². The lowest BCUT2D eigenvalue weighted by atomic mass is 10.1. The Morgan fingerprint density at radius 2 is 1.95 bits per heavy atom. The van der Waals surface area contributed by atoms with Crippen LogP contribution < -0.4 is 5.32 Å². The number of rotatable bonds is 4. The topological polar surface area (TPSA) is 42.7 Å². The average molecular weight is 278 g/mol. The van der Waals surface area contributed by atoms with E-state index in [0.717, 1.165) is 17.9 Å². The lowest BCUT2D eigenvalue weighted by Gasteiger charge is -2.13. The molecule has 0 aliphatic heterocycles. The van der Waals surface area contributed by atoms with Crippen molar-refractivity contribution in [1.29, 1.82) is 0 Å². The molecule has 0 atom stereocenters. The van der Waals surface area contributed by atoms with Gasteiger partial charge in [0.25, 0.3) is 0 Å². The molecule has 0 unspecified atom stereocenters. The van der Waals surface area contributed by atoms with Crippen molar-refractivity contribution in [2.24, 2.45) is 0 Å². The molecule has 0 bridgehead atoms. The fraction of sp³-hybridized carbons (Fsp3) is 0.176. The first-order valence-electron chi connectivity index (χ1n) is 7.00. The lowest BCUT2D eigenvalue weighted by molar-refractivity contribution is 0.803. The molecule has 0 aliphatic rings. The van der Waals surface area contributed by atoms with Crippen LogP contribution in [0.5, 0.6) is 0 Å². The molecule has 0 aliphatic carbocycles. The van der Waals surface area contributed by atoms with E-state index in [4.69, 9.17) is 0 Å². The molecule has 3 aromatic rings. The Bertz CT molecular complexity index is 732. The molecule has 4 heteroatoms. The first kappa shape index (κ1) is 13.4. The second-order valence-corrected chi connectivity index (χ2v) is 5.15. The largest absolute Gasteiger partial charge is 0.379 e. The van der Waals surface area contributed by atoms with Gasteiger partial charge in [-0.3, -0.25) is 0 Å². The second kappa shape index (κ2) is 5.79. The van der Waals surface area contributed by atoms with Crippen molar-refractivity contribution in [3.8, 4) is 5.69 Å². The fourth-order valence-corrected chi connectivity index (χ4v) is 2.34. The molecular weight excluding hydrogens is 260 g/mol. The van der Waals surface area contributed by atoms with Crippen LogP contribution in [0, 0.1) is 13.8 Å². The fourth-order valence-electron chi connectivity index (χ4n) is 2.34. The summed E-state index contributed by atoms with van der Waals surface area (Å²) in [6.45, 7) is 5.05. The van der Waals surface area contributed by atoms with E-state index in [-0.39, 0.29) is 0 Å². The number of para-hydroxylation sites is 2. The summed E-state index contributed by atoms with van der Waals surface area (Å²) in [5.41, 5.74) is 5.93. The van der Waals surface area contributed by atoms with E-state index in [0.29, 0.717) is 0 Å². The van der Waals surface area contributed by atoms with Crippen LogP contribution in [-0.2, 0) is 6.54 Å². The van der Waals surface area contributed by atoms with Gasteiger partial charge in [0.1, 0.15) is 0 Å². The monoisotopic (exact) mass is 278 g/mol. The first-order chi connectivity index (χ1) is 10.2. The van der Waals surface area contributed by atoms with Crippen LogP contribution in [0.2, 0.25) is 0 Å². The van der Waals surface area contributed by atoms with E-state index < -0.39 is 0 Å². The van der Waals surface area contributed by atoms with Gasteiger partial charge in [0.05, 0.1) is 23.8 Å². The number of benzene rings is 2. The Labute approximate surface area is 124 Å². The van der Waals surface area contributed by atoms with Gasteiger partial charge in [0.2, 0.25) is 0 Å². The van der Waals surface area contributed by atoms with Gasteiger partial charge in [-0.05, 0) is 37.1 Å². The highest BCUT2D eigenvalue weighted by molar-refractivity contribution is 5.60. The van der Waals surface area contributed by atoms with Crippen LogP contribution in [-0.4, -0.2) is 15.0 Å². The summed E-state index contributed by atoms with van der Waals surface area (Å²) in [5, 5.41) is 11.4. The molecule has 1 aromatic heterocycles. The first-order valence-corrected chi connectivity index (χ1v) is 7.00. The summed E-state index contributed by atoms with van der Waals surface area (Å²) in [5.74, 6) is 0. The maximum absolute atomic E-state index is 4.06. The lowest BCUT2D eigenvalue weighted by Crippen LogP contribution is -2.06. The third-order valence-corrected chi connectivity index (χ3v) is 3.55. The summed E-state index contributed by atoms with van der Waals surface area (Å²) < 4.78 is 1.77. The molecule has 0 saturated heterocycles. The standard InChI is InChI=1S/C17H18N4/c1-13-7-8-14(2)15(11-13)12-18-16-5-3-4-6-17(16)21-10-9-19-20-21/h3-11,18H,12H2,1-2H3. The molecule has 0 fully saturated rings. The van der Waals surface area contributed by atoms with Gasteiger partial charge in [-0.25, -0.2) is 4.68 Å². The molecule has 0 saturated carbocycles. The Hall–Kier alpha value is -2.62. The zero-order valence-corrected chi connectivity index (χ0v) is 12.2. The number of nitrogens with zero attached hydrogens (tertiary/aromatic N) is 3. The predicted octanol–water partition coefficient (Wildman–Crippen LogP) is 3.50. The number of anilines is 1. The summed E-state index contributed by atoms with van der Waals surface area (Å²) in [4.78, 5) is 0. The Morgan fingerprint density at radius 3 is 2.76 bits per heavy atom. The van der Waals surface area contributed by atoms with Gasteiger partial charge >= 0.3 is 0 Å². The second-order valence-electron chi connectivity index (χ2n) is 5.15. The van der Waals surface area contributed by atoms with Crippen LogP contribution in [0.25, 0.3) is 5.69 Å². The van der Waals surface area contributed by atoms with Crippen molar-refractivity contribution >= 4 is 5.69 Å². The molecule has 3 rings (SSSR count). The van der Waals surface area contributed by atoms with E-state index in [2.05, 4.69) is 53.7 Å². The van der Waals surface area contributed by atoms with Gasteiger partial charge in [0, 0.05) is 6.54 Å². The molecule has 0 radical (unpaired) electrons. The molecule has 1 N–H and O–H groups in total.